The average Bonchev–Trinajstić information content (AvgIpc) is 3.40. The summed E-state index contributed by atoms with van der Waals surface area (Å²) in [6.07, 6.45) is 0. The highest BCUT2D eigenvalue weighted by molar-refractivity contribution is 5.98. The number of ether oxygens (including phenoxy) is 3. The van der Waals surface area contributed by atoms with Gasteiger partial charge in [0.2, 0.25) is 5.88 Å². The number of furan rings is 1. The van der Waals surface area contributed by atoms with Gasteiger partial charge in [-0.2, -0.15) is 5.26 Å². The number of hydrogen-bond donors (Lipinski definition) is 2. The monoisotopic (exact) mass is 599 g/mol. The Morgan fingerprint density at radius 3 is 1.98 bits per heavy atom. The molecule has 1 heterocycles. The predicted octanol–water partition coefficient (Wildman–Crippen LogP) is 5.58. The van der Waals surface area contributed by atoms with Gasteiger partial charge in [0.05, 0.1) is 14.2 Å². The van der Waals surface area contributed by atoms with E-state index in [1.165, 1.54) is 12.1 Å². The van der Waals surface area contributed by atoms with E-state index in [0.717, 1.165) is 12.1 Å². The topological polar surface area (TPSA) is 140 Å². The van der Waals surface area contributed by atoms with Gasteiger partial charge in [-0.25, -0.2) is 9.18 Å². The number of carbonyl (C=O) groups excluding carboxylic acids is 3. The lowest BCUT2D eigenvalue weighted by atomic mass is 9.98. The molecule has 3 aromatic carbocycles. The Balaban J connectivity index is 1.54. The molecule has 0 spiro atoms. The lowest BCUT2D eigenvalue weighted by molar-refractivity contribution is -0.150. The van der Waals surface area contributed by atoms with Gasteiger partial charge in [-0.3, -0.25) is 14.9 Å². The van der Waals surface area contributed by atoms with Crippen molar-refractivity contribution in [2.45, 2.75) is 19.9 Å². The van der Waals surface area contributed by atoms with Gasteiger partial charge < -0.3 is 23.9 Å². The van der Waals surface area contributed by atoms with Gasteiger partial charge in [-0.05, 0) is 72.1 Å². The van der Waals surface area contributed by atoms with E-state index in [1.54, 1.807) is 76.6 Å². The van der Waals surface area contributed by atoms with Crippen molar-refractivity contribution >= 4 is 23.7 Å². The number of halogens is 1. The molecule has 226 valence electrons. The first-order chi connectivity index (χ1) is 21.1. The number of esters is 1. The van der Waals surface area contributed by atoms with Gasteiger partial charge in [-0.15, -0.1) is 0 Å². The van der Waals surface area contributed by atoms with Gasteiger partial charge in [0.1, 0.15) is 40.8 Å². The molecule has 4 aromatic rings. The van der Waals surface area contributed by atoms with Crippen molar-refractivity contribution < 1.29 is 37.4 Å². The zero-order valence-corrected chi connectivity index (χ0v) is 24.5. The van der Waals surface area contributed by atoms with Crippen LogP contribution in [0.25, 0.3) is 22.5 Å². The largest absolute Gasteiger partial charge is 0.497 e. The van der Waals surface area contributed by atoms with E-state index in [-0.39, 0.29) is 22.9 Å². The van der Waals surface area contributed by atoms with Gasteiger partial charge in [0.25, 0.3) is 11.8 Å². The minimum absolute atomic E-state index is 0.0623. The molecule has 0 radical (unpaired) electrons. The highest BCUT2D eigenvalue weighted by Crippen LogP contribution is 2.42. The van der Waals surface area contributed by atoms with E-state index in [2.05, 4.69) is 16.7 Å². The van der Waals surface area contributed by atoms with Crippen LogP contribution in [0.15, 0.2) is 77.2 Å². The molecule has 0 aliphatic rings. The molecular weight excluding hydrogens is 569 g/mol. The summed E-state index contributed by atoms with van der Waals surface area (Å²) in [6.45, 7) is 2.68. The summed E-state index contributed by atoms with van der Waals surface area (Å²) in [5, 5.41) is 15.2. The standard InChI is InChI=1S/C33H30FN3O7/c1-19(2)29(37-31(39)22-5-11-23(34)12-6-22)33(40)43-18-27(38)36-32-26(17-35)28(20-7-13-24(41-3)14-8-20)30(44-32)21-9-15-25(42-4)16-10-21/h5-16,19,29H,18H2,1-4H3,(H,36,38)(H,37,39). The number of rotatable bonds is 11. The minimum atomic E-state index is -1.08. The van der Waals surface area contributed by atoms with Crippen molar-refractivity contribution in [3.8, 4) is 40.0 Å². The van der Waals surface area contributed by atoms with Crippen molar-refractivity contribution in [1.29, 1.82) is 5.26 Å². The van der Waals surface area contributed by atoms with E-state index in [1.807, 2.05) is 0 Å². The fourth-order valence-corrected chi connectivity index (χ4v) is 4.32. The van der Waals surface area contributed by atoms with Crippen LogP contribution in [0.4, 0.5) is 10.3 Å². The lowest BCUT2D eigenvalue weighted by Crippen LogP contribution is -2.45. The maximum Gasteiger partial charge on any atom is 0.329 e. The van der Waals surface area contributed by atoms with Crippen LogP contribution in [-0.2, 0) is 14.3 Å². The number of nitriles is 1. The molecule has 0 fully saturated rings. The number of benzene rings is 3. The number of carbonyl (C=O) groups is 3. The summed E-state index contributed by atoms with van der Waals surface area (Å²) >= 11 is 0. The molecule has 44 heavy (non-hydrogen) atoms. The van der Waals surface area contributed by atoms with E-state index in [4.69, 9.17) is 18.6 Å². The van der Waals surface area contributed by atoms with Crippen LogP contribution in [0.3, 0.4) is 0 Å². The third-order valence-corrected chi connectivity index (χ3v) is 6.66. The third-order valence-electron chi connectivity index (χ3n) is 6.66. The Morgan fingerprint density at radius 2 is 1.45 bits per heavy atom. The number of nitrogens with one attached hydrogen (secondary N) is 2. The molecule has 10 nitrogen and oxygen atoms in total. The molecule has 0 aliphatic carbocycles. The van der Waals surface area contributed by atoms with Crippen molar-refractivity contribution in [3.05, 3.63) is 89.7 Å². The molecule has 0 aliphatic heterocycles. The third kappa shape index (κ3) is 7.22. The van der Waals surface area contributed by atoms with Crippen LogP contribution in [0.5, 0.6) is 11.5 Å². The number of methoxy groups -OCH3 is 2. The zero-order chi connectivity index (χ0) is 31.8. The Hall–Kier alpha value is -5.63. The van der Waals surface area contributed by atoms with Crippen molar-refractivity contribution in [3.63, 3.8) is 0 Å². The number of anilines is 1. The van der Waals surface area contributed by atoms with Crippen molar-refractivity contribution in [2.75, 3.05) is 26.1 Å². The average molecular weight is 600 g/mol. The predicted molar refractivity (Wildman–Crippen MR) is 159 cm³/mol. The first-order valence-corrected chi connectivity index (χ1v) is 13.5. The molecule has 1 atom stereocenters. The van der Waals surface area contributed by atoms with Gasteiger partial charge in [0.15, 0.2) is 6.61 Å². The Labute approximate surface area is 253 Å². The second kappa shape index (κ2) is 14.0. The normalized spacial score (nSPS) is 11.3. The lowest BCUT2D eigenvalue weighted by Gasteiger charge is -2.20. The van der Waals surface area contributed by atoms with Crippen LogP contribution >= 0.6 is 0 Å². The van der Waals surface area contributed by atoms with E-state index in [0.29, 0.717) is 33.9 Å². The van der Waals surface area contributed by atoms with Gasteiger partial charge in [-0.1, -0.05) is 26.0 Å². The van der Waals surface area contributed by atoms with Crippen LogP contribution in [-0.4, -0.2) is 44.7 Å². The van der Waals surface area contributed by atoms with Crippen LogP contribution < -0.4 is 20.1 Å². The summed E-state index contributed by atoms with van der Waals surface area (Å²) in [7, 11) is 3.08. The molecule has 11 heteroatoms. The fraction of sp³-hybridized carbons (Fsp3) is 0.212. The minimum Gasteiger partial charge on any atom is -0.497 e. The zero-order valence-electron chi connectivity index (χ0n) is 24.5. The Morgan fingerprint density at radius 1 is 0.886 bits per heavy atom. The second-order valence-corrected chi connectivity index (χ2v) is 9.94. The van der Waals surface area contributed by atoms with Crippen LogP contribution in [0.1, 0.15) is 29.8 Å². The molecule has 2 N–H and O–H groups in total. The molecule has 1 aromatic heterocycles. The highest BCUT2D eigenvalue weighted by Gasteiger charge is 2.28. The first kappa shape index (κ1) is 31.3. The summed E-state index contributed by atoms with van der Waals surface area (Å²) in [6, 6.07) is 19.8. The molecule has 2 amide bonds. The molecule has 1 unspecified atom stereocenters. The molecular formula is C33H30FN3O7. The second-order valence-electron chi connectivity index (χ2n) is 9.94. The van der Waals surface area contributed by atoms with Gasteiger partial charge >= 0.3 is 5.97 Å². The summed E-state index contributed by atoms with van der Waals surface area (Å²) in [4.78, 5) is 38.3. The van der Waals surface area contributed by atoms with Crippen molar-refractivity contribution in [2.24, 2.45) is 5.92 Å². The first-order valence-electron chi connectivity index (χ1n) is 13.5. The Kier molecular flexibility index (Phi) is 9.98. The summed E-state index contributed by atoms with van der Waals surface area (Å²) in [5.74, 6) is -1.67. The summed E-state index contributed by atoms with van der Waals surface area (Å²) in [5.41, 5.74) is 1.92. The number of hydrogen-bond acceptors (Lipinski definition) is 8. The number of nitrogens with zero attached hydrogens (tertiary/aromatic N) is 1. The van der Waals surface area contributed by atoms with E-state index < -0.39 is 36.2 Å². The van der Waals surface area contributed by atoms with E-state index >= 15 is 0 Å². The molecule has 0 bridgehead atoms. The molecule has 0 saturated carbocycles. The van der Waals surface area contributed by atoms with E-state index in [9.17, 15) is 24.0 Å². The Bertz CT molecular complexity index is 1670. The van der Waals surface area contributed by atoms with Crippen LogP contribution in [0, 0.1) is 23.1 Å². The summed E-state index contributed by atoms with van der Waals surface area (Å²) < 4.78 is 35.0. The van der Waals surface area contributed by atoms with Crippen molar-refractivity contribution in [1.82, 2.24) is 5.32 Å². The quantitative estimate of drug-likeness (QED) is 0.213. The van der Waals surface area contributed by atoms with Crippen LogP contribution in [0.2, 0.25) is 0 Å². The maximum absolute atomic E-state index is 13.2. The maximum atomic E-state index is 13.2. The highest BCUT2D eigenvalue weighted by atomic mass is 19.1. The molecule has 4 rings (SSSR count). The number of amides is 2. The SMILES string of the molecule is COc1ccc(-c2oc(NC(=O)COC(=O)C(NC(=O)c3ccc(F)cc3)C(C)C)c(C#N)c2-c2ccc(OC)cc2)cc1. The molecule has 0 saturated heterocycles. The smallest absolute Gasteiger partial charge is 0.329 e. The van der Waals surface area contributed by atoms with Gasteiger partial charge in [0, 0.05) is 16.7 Å². The fourth-order valence-electron chi connectivity index (χ4n) is 4.32.